The predicted octanol–water partition coefficient (Wildman–Crippen LogP) is 1.29. The first-order chi connectivity index (χ1) is 10.2. The molecule has 7 nitrogen and oxygen atoms in total. The molecule has 1 aliphatic rings. The number of ether oxygens (including phenoxy) is 1. The third kappa shape index (κ3) is 3.19. The molecular weight excluding hydrogens is 270 g/mol. The average molecular weight is 287 g/mol. The predicted molar refractivity (Wildman–Crippen MR) is 77.8 cm³/mol. The lowest BCUT2D eigenvalue weighted by Crippen LogP contribution is -2.16. The summed E-state index contributed by atoms with van der Waals surface area (Å²) in [6.07, 6.45) is 7.26. The summed E-state index contributed by atoms with van der Waals surface area (Å²) >= 11 is 0. The van der Waals surface area contributed by atoms with Crippen LogP contribution in [0.2, 0.25) is 0 Å². The molecule has 0 bridgehead atoms. The zero-order chi connectivity index (χ0) is 14.7. The van der Waals surface area contributed by atoms with Gasteiger partial charge < -0.3 is 15.8 Å². The third-order valence-electron chi connectivity index (χ3n) is 3.36. The molecule has 0 spiro atoms. The number of nitrogen functional groups attached to an aromatic ring is 1. The van der Waals surface area contributed by atoms with E-state index in [1.807, 2.05) is 0 Å². The summed E-state index contributed by atoms with van der Waals surface area (Å²) in [6, 6.07) is 3.33. The molecule has 1 aliphatic heterocycles. The van der Waals surface area contributed by atoms with Gasteiger partial charge in [0.05, 0.1) is 30.2 Å². The van der Waals surface area contributed by atoms with Crippen molar-refractivity contribution in [3.8, 4) is 0 Å². The van der Waals surface area contributed by atoms with E-state index in [-0.39, 0.29) is 17.7 Å². The van der Waals surface area contributed by atoms with E-state index in [0.29, 0.717) is 17.9 Å². The SMILES string of the molecule is Nc1cccnc1C(=O)Nc1cnn(CC2CCCO2)c1. The number of hydrogen-bond acceptors (Lipinski definition) is 5. The highest BCUT2D eigenvalue weighted by Gasteiger charge is 2.17. The van der Waals surface area contributed by atoms with Crippen LogP contribution in [0.25, 0.3) is 0 Å². The summed E-state index contributed by atoms with van der Waals surface area (Å²) in [5.74, 6) is -0.343. The molecule has 3 rings (SSSR count). The smallest absolute Gasteiger partial charge is 0.276 e. The molecule has 2 aromatic rings. The summed E-state index contributed by atoms with van der Waals surface area (Å²) in [5.41, 5.74) is 6.90. The van der Waals surface area contributed by atoms with Crippen LogP contribution in [-0.4, -0.2) is 33.4 Å². The Bertz CT molecular complexity index is 634. The van der Waals surface area contributed by atoms with E-state index in [1.54, 1.807) is 29.2 Å². The standard InChI is InChI=1S/C14H17N5O2/c15-12-4-1-5-16-13(12)14(20)18-10-7-17-19(8-10)9-11-3-2-6-21-11/h1,4-5,7-8,11H,2-3,6,9,15H2,(H,18,20). The fourth-order valence-corrected chi connectivity index (χ4v) is 2.32. The molecular formula is C14H17N5O2. The van der Waals surface area contributed by atoms with Gasteiger partial charge in [0, 0.05) is 19.0 Å². The number of nitrogens with one attached hydrogen (secondary N) is 1. The maximum atomic E-state index is 12.1. The maximum Gasteiger partial charge on any atom is 0.276 e. The zero-order valence-corrected chi connectivity index (χ0v) is 11.5. The molecule has 0 aliphatic carbocycles. The fraction of sp³-hybridized carbons (Fsp3) is 0.357. The van der Waals surface area contributed by atoms with Crippen LogP contribution < -0.4 is 11.1 Å². The number of amides is 1. The Labute approximate surface area is 122 Å². The number of pyridine rings is 1. The van der Waals surface area contributed by atoms with Crippen molar-refractivity contribution in [1.82, 2.24) is 14.8 Å². The minimum Gasteiger partial charge on any atom is -0.397 e. The number of aromatic nitrogens is 3. The van der Waals surface area contributed by atoms with Crippen LogP contribution in [-0.2, 0) is 11.3 Å². The first-order valence-corrected chi connectivity index (χ1v) is 6.88. The van der Waals surface area contributed by atoms with Gasteiger partial charge in [-0.05, 0) is 25.0 Å². The van der Waals surface area contributed by atoms with Crippen LogP contribution in [0.15, 0.2) is 30.7 Å². The van der Waals surface area contributed by atoms with Crippen molar-refractivity contribution in [2.45, 2.75) is 25.5 Å². The number of nitrogens with two attached hydrogens (primary N) is 1. The van der Waals surface area contributed by atoms with Gasteiger partial charge in [0.25, 0.3) is 5.91 Å². The van der Waals surface area contributed by atoms with E-state index in [1.165, 1.54) is 6.20 Å². The molecule has 0 radical (unpaired) electrons. The van der Waals surface area contributed by atoms with Crippen LogP contribution in [0.3, 0.4) is 0 Å². The maximum absolute atomic E-state index is 12.1. The van der Waals surface area contributed by atoms with Crippen molar-refractivity contribution in [2.75, 3.05) is 17.7 Å². The molecule has 1 saturated heterocycles. The molecule has 0 saturated carbocycles. The Morgan fingerprint density at radius 3 is 3.24 bits per heavy atom. The van der Waals surface area contributed by atoms with Gasteiger partial charge >= 0.3 is 0 Å². The second-order valence-corrected chi connectivity index (χ2v) is 4.98. The number of anilines is 2. The normalized spacial score (nSPS) is 17.8. The largest absolute Gasteiger partial charge is 0.397 e. The summed E-state index contributed by atoms with van der Waals surface area (Å²) in [7, 11) is 0. The van der Waals surface area contributed by atoms with Crippen molar-refractivity contribution >= 4 is 17.3 Å². The number of nitrogens with zero attached hydrogens (tertiary/aromatic N) is 3. The Kier molecular flexibility index (Phi) is 3.83. The quantitative estimate of drug-likeness (QED) is 0.883. The van der Waals surface area contributed by atoms with Crippen LogP contribution in [0.5, 0.6) is 0 Å². The Hall–Kier alpha value is -2.41. The van der Waals surface area contributed by atoms with E-state index < -0.39 is 0 Å². The molecule has 1 atom stereocenters. The first kappa shape index (κ1) is 13.6. The van der Waals surface area contributed by atoms with Crippen LogP contribution in [0.4, 0.5) is 11.4 Å². The van der Waals surface area contributed by atoms with E-state index in [2.05, 4.69) is 15.4 Å². The molecule has 0 aromatic carbocycles. The number of carbonyl (C=O) groups is 1. The Morgan fingerprint density at radius 2 is 2.48 bits per heavy atom. The minimum absolute atomic E-state index is 0.208. The number of rotatable bonds is 4. The second kappa shape index (κ2) is 5.92. The highest BCUT2D eigenvalue weighted by molar-refractivity contribution is 6.05. The lowest BCUT2D eigenvalue weighted by Gasteiger charge is -2.08. The van der Waals surface area contributed by atoms with E-state index >= 15 is 0 Å². The first-order valence-electron chi connectivity index (χ1n) is 6.88. The fourth-order valence-electron chi connectivity index (χ4n) is 2.32. The topological polar surface area (TPSA) is 95.1 Å². The van der Waals surface area contributed by atoms with E-state index in [9.17, 15) is 4.79 Å². The molecule has 3 N–H and O–H groups in total. The number of hydrogen-bond donors (Lipinski definition) is 2. The second-order valence-electron chi connectivity index (χ2n) is 4.98. The van der Waals surface area contributed by atoms with Gasteiger partial charge in [-0.3, -0.25) is 9.48 Å². The highest BCUT2D eigenvalue weighted by atomic mass is 16.5. The average Bonchev–Trinajstić information content (AvgIpc) is 3.12. The zero-order valence-electron chi connectivity index (χ0n) is 11.5. The van der Waals surface area contributed by atoms with Crippen LogP contribution in [0, 0.1) is 0 Å². The summed E-state index contributed by atoms with van der Waals surface area (Å²) < 4.78 is 7.33. The molecule has 1 unspecified atom stereocenters. The van der Waals surface area contributed by atoms with E-state index in [0.717, 1.165) is 19.4 Å². The number of carbonyl (C=O) groups excluding carboxylic acids is 1. The van der Waals surface area contributed by atoms with Gasteiger partial charge in [-0.25, -0.2) is 4.98 Å². The van der Waals surface area contributed by atoms with Crippen molar-refractivity contribution in [3.63, 3.8) is 0 Å². The van der Waals surface area contributed by atoms with Gasteiger partial charge in [0.1, 0.15) is 0 Å². The molecule has 1 amide bonds. The molecule has 21 heavy (non-hydrogen) atoms. The summed E-state index contributed by atoms with van der Waals surface area (Å²) in [6.45, 7) is 1.51. The highest BCUT2D eigenvalue weighted by Crippen LogP contribution is 2.16. The molecule has 1 fully saturated rings. The monoisotopic (exact) mass is 287 g/mol. The van der Waals surface area contributed by atoms with E-state index in [4.69, 9.17) is 10.5 Å². The van der Waals surface area contributed by atoms with Crippen LogP contribution >= 0.6 is 0 Å². The van der Waals surface area contributed by atoms with Gasteiger partial charge in [-0.1, -0.05) is 0 Å². The molecule has 110 valence electrons. The minimum atomic E-state index is -0.343. The van der Waals surface area contributed by atoms with Gasteiger partial charge in [0.2, 0.25) is 0 Å². The van der Waals surface area contributed by atoms with Gasteiger partial charge in [-0.2, -0.15) is 5.10 Å². The van der Waals surface area contributed by atoms with Crippen LogP contribution in [0.1, 0.15) is 23.3 Å². The molecule has 7 heteroatoms. The molecule has 3 heterocycles. The van der Waals surface area contributed by atoms with Gasteiger partial charge in [0.15, 0.2) is 5.69 Å². The lowest BCUT2D eigenvalue weighted by molar-refractivity contribution is 0.0940. The summed E-state index contributed by atoms with van der Waals surface area (Å²) in [5, 5.41) is 6.96. The molecule has 2 aromatic heterocycles. The van der Waals surface area contributed by atoms with Gasteiger partial charge in [-0.15, -0.1) is 0 Å². The van der Waals surface area contributed by atoms with Crippen molar-refractivity contribution < 1.29 is 9.53 Å². The Morgan fingerprint density at radius 1 is 1.57 bits per heavy atom. The van der Waals surface area contributed by atoms with Crippen molar-refractivity contribution in [1.29, 1.82) is 0 Å². The van der Waals surface area contributed by atoms with Crippen molar-refractivity contribution in [3.05, 3.63) is 36.4 Å². The lowest BCUT2D eigenvalue weighted by atomic mass is 10.2. The third-order valence-corrected chi connectivity index (χ3v) is 3.36. The Balaban J connectivity index is 1.64. The summed E-state index contributed by atoms with van der Waals surface area (Å²) in [4.78, 5) is 16.1. The van der Waals surface area contributed by atoms with Crippen molar-refractivity contribution in [2.24, 2.45) is 0 Å².